The fourth-order valence-corrected chi connectivity index (χ4v) is 2.90. The van der Waals surface area contributed by atoms with Gasteiger partial charge in [0.25, 0.3) is 0 Å². The van der Waals surface area contributed by atoms with Gasteiger partial charge in [0.2, 0.25) is 5.91 Å². The van der Waals surface area contributed by atoms with Crippen molar-refractivity contribution >= 4 is 29.3 Å². The molecule has 1 saturated heterocycles. The highest BCUT2D eigenvalue weighted by Gasteiger charge is 2.23. The standard InChI is InChI=1S/C10H18ClNOS/c1-8(4-2-6-11)12-10(13)9-5-3-7-14-9/h8-9H,2-7H2,1H3,(H,12,13). The van der Waals surface area contributed by atoms with E-state index in [1.54, 1.807) is 11.8 Å². The maximum absolute atomic E-state index is 11.7. The van der Waals surface area contributed by atoms with E-state index in [1.807, 2.05) is 6.92 Å². The largest absolute Gasteiger partial charge is 0.353 e. The molecule has 0 aromatic rings. The van der Waals surface area contributed by atoms with Gasteiger partial charge >= 0.3 is 0 Å². The fourth-order valence-electron chi connectivity index (χ4n) is 1.58. The zero-order valence-corrected chi connectivity index (χ0v) is 10.2. The molecule has 2 nitrogen and oxygen atoms in total. The molecular weight excluding hydrogens is 218 g/mol. The van der Waals surface area contributed by atoms with Crippen LogP contribution in [0.1, 0.15) is 32.6 Å². The van der Waals surface area contributed by atoms with Gasteiger partial charge in [-0.15, -0.1) is 23.4 Å². The topological polar surface area (TPSA) is 29.1 Å². The quantitative estimate of drug-likeness (QED) is 0.742. The molecule has 1 amide bonds. The molecule has 4 heteroatoms. The molecule has 14 heavy (non-hydrogen) atoms. The summed E-state index contributed by atoms with van der Waals surface area (Å²) in [6.07, 6.45) is 4.17. The number of hydrogen-bond acceptors (Lipinski definition) is 2. The third-order valence-corrected chi connectivity index (χ3v) is 4.03. The maximum atomic E-state index is 11.7. The van der Waals surface area contributed by atoms with E-state index in [9.17, 15) is 4.79 Å². The van der Waals surface area contributed by atoms with E-state index in [1.165, 1.54) is 6.42 Å². The highest BCUT2D eigenvalue weighted by molar-refractivity contribution is 8.00. The molecule has 1 aliphatic heterocycles. The molecule has 82 valence electrons. The summed E-state index contributed by atoms with van der Waals surface area (Å²) in [5.41, 5.74) is 0. The first kappa shape index (κ1) is 12.2. The summed E-state index contributed by atoms with van der Waals surface area (Å²) in [4.78, 5) is 11.7. The minimum atomic E-state index is 0.202. The van der Waals surface area contributed by atoms with Crippen LogP contribution in [0, 0.1) is 0 Å². The lowest BCUT2D eigenvalue weighted by Crippen LogP contribution is -2.37. The molecular formula is C10H18ClNOS. The van der Waals surface area contributed by atoms with Gasteiger partial charge in [-0.1, -0.05) is 0 Å². The number of alkyl halides is 1. The van der Waals surface area contributed by atoms with Crippen LogP contribution in [-0.4, -0.2) is 28.8 Å². The van der Waals surface area contributed by atoms with Crippen LogP contribution in [0.3, 0.4) is 0 Å². The first-order valence-electron chi connectivity index (χ1n) is 5.22. The predicted octanol–water partition coefficient (Wildman–Crippen LogP) is 2.41. The van der Waals surface area contributed by atoms with Gasteiger partial charge in [-0.2, -0.15) is 0 Å². The monoisotopic (exact) mass is 235 g/mol. The Morgan fingerprint density at radius 3 is 3.07 bits per heavy atom. The number of carbonyl (C=O) groups excluding carboxylic acids is 1. The summed E-state index contributed by atoms with van der Waals surface area (Å²) in [6, 6.07) is 0.266. The van der Waals surface area contributed by atoms with Crippen molar-refractivity contribution in [2.24, 2.45) is 0 Å². The van der Waals surface area contributed by atoms with Crippen molar-refractivity contribution in [3.8, 4) is 0 Å². The normalized spacial score (nSPS) is 23.4. The average molecular weight is 236 g/mol. The average Bonchev–Trinajstić information content (AvgIpc) is 2.67. The number of thioether (sulfide) groups is 1. The molecule has 1 aliphatic rings. The van der Waals surface area contributed by atoms with E-state index >= 15 is 0 Å². The van der Waals surface area contributed by atoms with E-state index in [0.29, 0.717) is 5.88 Å². The van der Waals surface area contributed by atoms with E-state index in [2.05, 4.69) is 5.32 Å². The molecule has 0 spiro atoms. The van der Waals surface area contributed by atoms with Crippen molar-refractivity contribution in [1.29, 1.82) is 0 Å². The molecule has 0 aliphatic carbocycles. The smallest absolute Gasteiger partial charge is 0.233 e. The predicted molar refractivity (Wildman–Crippen MR) is 63.0 cm³/mol. The van der Waals surface area contributed by atoms with Crippen molar-refractivity contribution in [3.63, 3.8) is 0 Å². The lowest BCUT2D eigenvalue weighted by Gasteiger charge is -2.15. The van der Waals surface area contributed by atoms with Crippen LogP contribution in [-0.2, 0) is 4.79 Å². The number of halogens is 1. The molecule has 0 radical (unpaired) electrons. The molecule has 2 atom stereocenters. The summed E-state index contributed by atoms with van der Waals surface area (Å²) < 4.78 is 0. The van der Waals surface area contributed by atoms with Crippen molar-refractivity contribution in [3.05, 3.63) is 0 Å². The minimum Gasteiger partial charge on any atom is -0.353 e. The SMILES string of the molecule is CC(CCCCl)NC(=O)C1CCCS1. The zero-order chi connectivity index (χ0) is 10.4. The van der Waals surface area contributed by atoms with Gasteiger partial charge in [0.1, 0.15) is 0 Å². The van der Waals surface area contributed by atoms with Crippen LogP contribution >= 0.6 is 23.4 Å². The Kier molecular flexibility index (Phi) is 5.71. The molecule has 1 rings (SSSR count). The van der Waals surface area contributed by atoms with Crippen LogP contribution in [0.4, 0.5) is 0 Å². The summed E-state index contributed by atoms with van der Waals surface area (Å²) in [6.45, 7) is 2.05. The van der Waals surface area contributed by atoms with Crippen LogP contribution in [0.25, 0.3) is 0 Å². The van der Waals surface area contributed by atoms with Gasteiger partial charge in [0.15, 0.2) is 0 Å². The summed E-state index contributed by atoms with van der Waals surface area (Å²) >= 11 is 7.37. The number of carbonyl (C=O) groups is 1. The minimum absolute atomic E-state index is 0.202. The fraction of sp³-hybridized carbons (Fsp3) is 0.900. The number of amides is 1. The van der Waals surface area contributed by atoms with Gasteiger partial charge in [0.05, 0.1) is 5.25 Å². The highest BCUT2D eigenvalue weighted by Crippen LogP contribution is 2.26. The van der Waals surface area contributed by atoms with Crippen LogP contribution in [0.2, 0.25) is 0 Å². The van der Waals surface area contributed by atoms with E-state index in [4.69, 9.17) is 11.6 Å². The van der Waals surface area contributed by atoms with Gasteiger partial charge in [0, 0.05) is 11.9 Å². The summed E-state index contributed by atoms with van der Waals surface area (Å²) in [5, 5.41) is 3.24. The van der Waals surface area contributed by atoms with Crippen molar-refractivity contribution < 1.29 is 4.79 Å². The Morgan fingerprint density at radius 2 is 2.50 bits per heavy atom. The maximum Gasteiger partial charge on any atom is 0.233 e. The van der Waals surface area contributed by atoms with Crippen molar-refractivity contribution in [2.75, 3.05) is 11.6 Å². The zero-order valence-electron chi connectivity index (χ0n) is 8.59. The van der Waals surface area contributed by atoms with E-state index < -0.39 is 0 Å². The van der Waals surface area contributed by atoms with Crippen LogP contribution < -0.4 is 5.32 Å². The van der Waals surface area contributed by atoms with Crippen LogP contribution in [0.5, 0.6) is 0 Å². The number of nitrogens with one attached hydrogen (secondary N) is 1. The van der Waals surface area contributed by atoms with Gasteiger partial charge in [-0.25, -0.2) is 0 Å². The first-order chi connectivity index (χ1) is 6.74. The number of rotatable bonds is 5. The third-order valence-electron chi connectivity index (χ3n) is 2.38. The first-order valence-corrected chi connectivity index (χ1v) is 6.80. The Balaban J connectivity index is 2.18. The van der Waals surface area contributed by atoms with Gasteiger partial charge in [-0.05, 0) is 38.4 Å². The van der Waals surface area contributed by atoms with Gasteiger partial charge in [-0.3, -0.25) is 4.79 Å². The van der Waals surface area contributed by atoms with Crippen LogP contribution in [0.15, 0.2) is 0 Å². The lowest BCUT2D eigenvalue weighted by molar-refractivity contribution is -0.121. The molecule has 0 saturated carbocycles. The molecule has 0 bridgehead atoms. The van der Waals surface area contributed by atoms with E-state index in [0.717, 1.165) is 25.0 Å². The molecule has 2 unspecified atom stereocenters. The molecule has 0 aromatic heterocycles. The Bertz CT molecular complexity index is 183. The molecule has 1 fully saturated rings. The second kappa shape index (κ2) is 6.57. The Morgan fingerprint density at radius 1 is 1.71 bits per heavy atom. The van der Waals surface area contributed by atoms with Crippen molar-refractivity contribution in [1.82, 2.24) is 5.32 Å². The summed E-state index contributed by atoms with van der Waals surface area (Å²) in [5.74, 6) is 2.03. The third kappa shape index (κ3) is 4.09. The van der Waals surface area contributed by atoms with Crippen molar-refractivity contribution in [2.45, 2.75) is 43.9 Å². The lowest BCUT2D eigenvalue weighted by atomic mass is 10.2. The molecule has 1 N–H and O–H groups in total. The highest BCUT2D eigenvalue weighted by atomic mass is 35.5. The summed E-state index contributed by atoms with van der Waals surface area (Å²) in [7, 11) is 0. The van der Waals surface area contributed by atoms with Gasteiger partial charge < -0.3 is 5.32 Å². The molecule has 1 heterocycles. The Hall–Kier alpha value is 0.110. The van der Waals surface area contributed by atoms with E-state index in [-0.39, 0.29) is 17.2 Å². The Labute approximate surface area is 95.2 Å². The molecule has 0 aromatic carbocycles. The number of hydrogen-bond donors (Lipinski definition) is 1. The second-order valence-electron chi connectivity index (χ2n) is 3.74. The second-order valence-corrected chi connectivity index (χ2v) is 5.43.